The minimum absolute atomic E-state index is 0.0671. The second kappa shape index (κ2) is 6.41. The highest BCUT2D eigenvalue weighted by Crippen LogP contribution is 2.22. The van der Waals surface area contributed by atoms with Gasteiger partial charge in [-0.1, -0.05) is 6.07 Å². The lowest BCUT2D eigenvalue weighted by Crippen LogP contribution is -2.31. The molecule has 0 fully saturated rings. The van der Waals surface area contributed by atoms with Crippen molar-refractivity contribution in [2.24, 2.45) is 0 Å². The number of hydrogen-bond acceptors (Lipinski definition) is 3. The summed E-state index contributed by atoms with van der Waals surface area (Å²) in [7, 11) is -3.79. The van der Waals surface area contributed by atoms with Gasteiger partial charge in [0.15, 0.2) is 5.03 Å². The summed E-state index contributed by atoms with van der Waals surface area (Å²) in [5.74, 6) is -0.153. The zero-order chi connectivity index (χ0) is 15.5. The molecule has 0 amide bonds. The van der Waals surface area contributed by atoms with Crippen LogP contribution in [0.3, 0.4) is 0 Å². The van der Waals surface area contributed by atoms with Crippen molar-refractivity contribution in [3.8, 4) is 0 Å². The maximum absolute atomic E-state index is 13.0. The number of alkyl halides is 1. The van der Waals surface area contributed by atoms with E-state index in [1.807, 2.05) is 0 Å². The van der Waals surface area contributed by atoms with Gasteiger partial charge in [0.1, 0.15) is 5.82 Å². The van der Waals surface area contributed by atoms with Gasteiger partial charge in [-0.15, -0.1) is 11.6 Å². The largest absolute Gasteiger partial charge is 0.281 e. The van der Waals surface area contributed by atoms with Crippen LogP contribution >= 0.6 is 11.6 Å². The number of anilines is 1. The van der Waals surface area contributed by atoms with E-state index < -0.39 is 15.8 Å². The molecule has 2 aromatic rings. The molecular formula is C14H14ClFN2O2S. The van der Waals surface area contributed by atoms with Crippen LogP contribution in [0.5, 0.6) is 0 Å². The van der Waals surface area contributed by atoms with Gasteiger partial charge in [-0.2, -0.15) is 8.42 Å². The Morgan fingerprint density at radius 2 is 1.86 bits per heavy atom. The van der Waals surface area contributed by atoms with Crippen LogP contribution in [0, 0.1) is 5.82 Å². The number of rotatable bonds is 5. The fourth-order valence-electron chi connectivity index (χ4n) is 1.85. The van der Waals surface area contributed by atoms with Crippen molar-refractivity contribution in [1.82, 2.24) is 4.98 Å². The first-order valence-electron chi connectivity index (χ1n) is 6.28. The van der Waals surface area contributed by atoms with Crippen LogP contribution in [0.4, 0.5) is 10.1 Å². The van der Waals surface area contributed by atoms with Gasteiger partial charge in [0.05, 0.1) is 5.69 Å². The quantitative estimate of drug-likeness (QED) is 0.792. The first-order chi connectivity index (χ1) is 9.98. The third-order valence-electron chi connectivity index (χ3n) is 2.91. The van der Waals surface area contributed by atoms with Crippen LogP contribution in [0.2, 0.25) is 0 Å². The van der Waals surface area contributed by atoms with E-state index in [4.69, 9.17) is 11.6 Å². The first kappa shape index (κ1) is 15.7. The molecule has 0 saturated carbocycles. The zero-order valence-electron chi connectivity index (χ0n) is 11.3. The molecule has 0 unspecified atom stereocenters. The highest BCUT2D eigenvalue weighted by Gasteiger charge is 2.24. The Labute approximate surface area is 128 Å². The molecule has 0 spiro atoms. The van der Waals surface area contributed by atoms with Crippen molar-refractivity contribution in [1.29, 1.82) is 0 Å². The molecule has 21 heavy (non-hydrogen) atoms. The number of hydrogen-bond donors (Lipinski definition) is 0. The Kier molecular flexibility index (Phi) is 4.80. The Bertz CT molecular complexity index is 703. The van der Waals surface area contributed by atoms with Gasteiger partial charge in [0, 0.05) is 18.6 Å². The Balaban J connectivity index is 2.41. The van der Waals surface area contributed by atoms with Crippen LogP contribution in [-0.2, 0) is 15.9 Å². The minimum Gasteiger partial charge on any atom is -0.265 e. The van der Waals surface area contributed by atoms with Gasteiger partial charge < -0.3 is 0 Å². The van der Waals surface area contributed by atoms with E-state index in [-0.39, 0.29) is 17.5 Å². The Morgan fingerprint density at radius 3 is 2.33 bits per heavy atom. The molecule has 1 heterocycles. The third kappa shape index (κ3) is 3.33. The van der Waals surface area contributed by atoms with E-state index in [9.17, 15) is 12.8 Å². The van der Waals surface area contributed by atoms with Gasteiger partial charge in [-0.25, -0.2) is 9.37 Å². The smallest absolute Gasteiger partial charge is 0.265 e. The second-order valence-corrected chi connectivity index (χ2v) is 6.36. The molecule has 112 valence electrons. The number of benzene rings is 1. The fourth-order valence-corrected chi connectivity index (χ4v) is 3.40. The molecular weight excluding hydrogens is 315 g/mol. The van der Waals surface area contributed by atoms with Gasteiger partial charge in [0.25, 0.3) is 10.0 Å². The highest BCUT2D eigenvalue weighted by molar-refractivity contribution is 7.92. The average molecular weight is 329 g/mol. The molecule has 0 bridgehead atoms. The van der Waals surface area contributed by atoms with Crippen LogP contribution < -0.4 is 4.31 Å². The number of pyridine rings is 1. The summed E-state index contributed by atoms with van der Waals surface area (Å²) in [5, 5.41) is -0.0671. The van der Waals surface area contributed by atoms with Gasteiger partial charge in [0.2, 0.25) is 0 Å². The number of nitrogens with zero attached hydrogens (tertiary/aromatic N) is 2. The fraction of sp³-hybridized carbons (Fsp3) is 0.214. The summed E-state index contributed by atoms with van der Waals surface area (Å²) in [6.07, 6.45) is 1.43. The maximum Gasteiger partial charge on any atom is 0.281 e. The predicted octanol–water partition coefficient (Wildman–Crippen LogP) is 3.17. The number of aromatic nitrogens is 1. The second-order valence-electron chi connectivity index (χ2n) is 4.28. The molecule has 0 N–H and O–H groups in total. The molecule has 1 aromatic heterocycles. The van der Waals surface area contributed by atoms with E-state index >= 15 is 0 Å². The summed E-state index contributed by atoms with van der Waals surface area (Å²) < 4.78 is 39.3. The monoisotopic (exact) mass is 328 g/mol. The average Bonchev–Trinajstić information content (AvgIpc) is 2.50. The summed E-state index contributed by atoms with van der Waals surface area (Å²) in [5.41, 5.74) is 1.13. The maximum atomic E-state index is 13.0. The van der Waals surface area contributed by atoms with Crippen molar-refractivity contribution in [2.75, 3.05) is 10.8 Å². The van der Waals surface area contributed by atoms with Crippen LogP contribution in [0.15, 0.2) is 47.6 Å². The van der Waals surface area contributed by atoms with Crippen molar-refractivity contribution < 1.29 is 12.8 Å². The Morgan fingerprint density at radius 1 is 1.19 bits per heavy atom. The lowest BCUT2D eigenvalue weighted by atomic mass is 10.3. The molecule has 0 aliphatic rings. The summed E-state index contributed by atoms with van der Waals surface area (Å²) in [6.45, 7) is 1.92. The number of halogens is 2. The van der Waals surface area contributed by atoms with Gasteiger partial charge in [-0.3, -0.25) is 4.31 Å². The van der Waals surface area contributed by atoms with Crippen LogP contribution in [0.1, 0.15) is 12.5 Å². The SMILES string of the molecule is CCN(c1ccc(F)cc1)S(=O)(=O)c1ccc(CCl)cn1. The molecule has 0 aliphatic carbocycles. The Hall–Kier alpha value is -1.66. The summed E-state index contributed by atoms with van der Waals surface area (Å²) in [4.78, 5) is 3.94. The van der Waals surface area contributed by atoms with Crippen molar-refractivity contribution in [2.45, 2.75) is 17.8 Å². The molecule has 7 heteroatoms. The molecule has 0 atom stereocenters. The third-order valence-corrected chi connectivity index (χ3v) is 5.04. The topological polar surface area (TPSA) is 50.3 Å². The lowest BCUT2D eigenvalue weighted by molar-refractivity contribution is 0.587. The predicted molar refractivity (Wildman–Crippen MR) is 80.4 cm³/mol. The highest BCUT2D eigenvalue weighted by atomic mass is 35.5. The molecule has 0 saturated heterocycles. The normalized spacial score (nSPS) is 11.4. The van der Waals surface area contributed by atoms with Crippen molar-refractivity contribution in [3.05, 3.63) is 54.0 Å². The summed E-state index contributed by atoms with van der Waals surface area (Å²) >= 11 is 5.66. The lowest BCUT2D eigenvalue weighted by Gasteiger charge is -2.22. The van der Waals surface area contributed by atoms with E-state index in [0.29, 0.717) is 5.69 Å². The molecule has 0 aliphatic heterocycles. The standard InChI is InChI=1S/C14H14ClFN2O2S/c1-2-18(13-6-4-12(16)5-7-13)21(19,20)14-8-3-11(9-15)10-17-14/h3-8,10H,2,9H2,1H3. The zero-order valence-corrected chi connectivity index (χ0v) is 12.9. The van der Waals surface area contributed by atoms with Gasteiger partial charge in [-0.05, 0) is 42.8 Å². The molecule has 4 nitrogen and oxygen atoms in total. The first-order valence-corrected chi connectivity index (χ1v) is 8.25. The van der Waals surface area contributed by atoms with E-state index in [2.05, 4.69) is 4.98 Å². The van der Waals surface area contributed by atoms with Crippen LogP contribution in [0.25, 0.3) is 0 Å². The van der Waals surface area contributed by atoms with Crippen molar-refractivity contribution in [3.63, 3.8) is 0 Å². The minimum atomic E-state index is -3.79. The van der Waals surface area contributed by atoms with Crippen LogP contribution in [-0.4, -0.2) is 19.9 Å². The summed E-state index contributed by atoms with van der Waals surface area (Å²) in [6, 6.07) is 8.31. The van der Waals surface area contributed by atoms with Crippen molar-refractivity contribution >= 4 is 27.3 Å². The molecule has 0 radical (unpaired) electrons. The van der Waals surface area contributed by atoms with E-state index in [1.54, 1.807) is 13.0 Å². The number of sulfonamides is 1. The molecule has 2 rings (SSSR count). The van der Waals surface area contributed by atoms with Gasteiger partial charge >= 0.3 is 0 Å². The molecule has 1 aromatic carbocycles. The van der Waals surface area contributed by atoms with E-state index in [0.717, 1.165) is 5.56 Å². The van der Waals surface area contributed by atoms with E-state index in [1.165, 1.54) is 40.8 Å².